The number of nitrogens with one attached hydrogen (secondary N) is 2. The second-order valence-corrected chi connectivity index (χ2v) is 6.76. The first kappa shape index (κ1) is 20.8. The molecule has 4 atom stereocenters. The van der Waals surface area contributed by atoms with Gasteiger partial charge < -0.3 is 20.1 Å². The molecular weight excluding hydrogens is 332 g/mol. The molecule has 0 aromatic rings. The van der Waals surface area contributed by atoms with Crippen molar-refractivity contribution in [2.45, 2.75) is 64.3 Å². The average molecular weight is 360 g/mol. The molecule has 0 aliphatic carbocycles. The maximum absolute atomic E-state index is 12.4. The van der Waals surface area contributed by atoms with Crippen molar-refractivity contribution >= 4 is 29.5 Å². The normalized spacial score (nSPS) is 21.5. The third kappa shape index (κ3) is 6.68. The van der Waals surface area contributed by atoms with Gasteiger partial charge in [0.2, 0.25) is 5.91 Å². The second-order valence-electron chi connectivity index (χ2n) is 5.77. The van der Waals surface area contributed by atoms with Gasteiger partial charge in [-0.05, 0) is 38.7 Å². The van der Waals surface area contributed by atoms with Crippen molar-refractivity contribution in [2.24, 2.45) is 0 Å². The first-order valence-corrected chi connectivity index (χ1v) is 9.75. The molecule has 1 aliphatic heterocycles. The van der Waals surface area contributed by atoms with Gasteiger partial charge in [-0.2, -0.15) is 11.8 Å². The van der Waals surface area contributed by atoms with Crippen molar-refractivity contribution < 1.29 is 23.9 Å². The van der Waals surface area contributed by atoms with Crippen LogP contribution in [-0.4, -0.2) is 60.7 Å². The average Bonchev–Trinajstić information content (AvgIpc) is 3.32. The number of hydrogen-bond acceptors (Lipinski definition) is 6. The Morgan fingerprint density at radius 1 is 1.17 bits per heavy atom. The first-order chi connectivity index (χ1) is 11.4. The zero-order chi connectivity index (χ0) is 18.1. The van der Waals surface area contributed by atoms with E-state index in [1.54, 1.807) is 18.7 Å². The molecule has 1 heterocycles. The van der Waals surface area contributed by atoms with Gasteiger partial charge in [-0.1, -0.05) is 13.3 Å². The third-order valence-corrected chi connectivity index (χ3v) is 4.27. The molecule has 1 rings (SSSR count). The molecule has 1 fully saturated rings. The van der Waals surface area contributed by atoms with Gasteiger partial charge in [-0.3, -0.25) is 9.59 Å². The topological polar surface area (TPSA) is 97.0 Å². The quantitative estimate of drug-likeness (QED) is 0.419. The number of hydrogen-bond donors (Lipinski definition) is 2. The Morgan fingerprint density at radius 3 is 2.46 bits per heavy atom. The molecular formula is C16H28N2O5S. The summed E-state index contributed by atoms with van der Waals surface area (Å²) >= 11 is 1.60. The Labute approximate surface area is 147 Å². The van der Waals surface area contributed by atoms with Crippen molar-refractivity contribution in [1.29, 1.82) is 0 Å². The van der Waals surface area contributed by atoms with Gasteiger partial charge in [0.25, 0.3) is 5.91 Å². The lowest BCUT2D eigenvalue weighted by molar-refractivity contribution is -0.144. The van der Waals surface area contributed by atoms with Gasteiger partial charge in [0.05, 0.1) is 6.61 Å². The van der Waals surface area contributed by atoms with E-state index in [0.29, 0.717) is 6.42 Å². The number of carbonyl (C=O) groups is 3. The van der Waals surface area contributed by atoms with E-state index in [0.717, 1.165) is 18.6 Å². The smallest absolute Gasteiger partial charge is 0.338 e. The Kier molecular flexibility index (Phi) is 9.13. The van der Waals surface area contributed by atoms with E-state index in [1.165, 1.54) is 0 Å². The van der Waals surface area contributed by atoms with Crippen LogP contribution in [0.4, 0.5) is 0 Å². The minimum Gasteiger partial charge on any atom is -0.464 e. The standard InChI is InChI=1S/C16H28N2O5S/c1-5-7-10(3)17-14(19)11(8-9-24-4)18-15(20)12-13(23-12)16(21)22-6-2/h10-13H,5-9H2,1-4H3,(H,17,19)(H,18,20)/t10?,11-,12-,13-/m0/s1. The second kappa shape index (κ2) is 10.6. The SMILES string of the molecule is CCCC(C)NC(=O)[C@H](CCSC)NC(=O)[C@H]1O[C@@H]1C(=O)OCC. The molecule has 1 unspecified atom stereocenters. The summed E-state index contributed by atoms with van der Waals surface area (Å²) in [6.07, 6.45) is 2.60. The molecule has 1 saturated heterocycles. The van der Waals surface area contributed by atoms with Crippen molar-refractivity contribution in [3.63, 3.8) is 0 Å². The fourth-order valence-corrected chi connectivity index (χ4v) is 2.79. The lowest BCUT2D eigenvalue weighted by atomic mass is 10.1. The van der Waals surface area contributed by atoms with Gasteiger partial charge in [-0.25, -0.2) is 4.79 Å². The predicted octanol–water partition coefficient (Wildman–Crippen LogP) is 0.860. The maximum Gasteiger partial charge on any atom is 0.338 e. The lowest BCUT2D eigenvalue weighted by Gasteiger charge is -2.20. The van der Waals surface area contributed by atoms with Crippen LogP contribution in [0.15, 0.2) is 0 Å². The molecule has 0 aromatic carbocycles. The van der Waals surface area contributed by atoms with Crippen LogP contribution in [0.5, 0.6) is 0 Å². The highest BCUT2D eigenvalue weighted by Gasteiger charge is 2.52. The third-order valence-electron chi connectivity index (χ3n) is 3.62. The van der Waals surface area contributed by atoms with Crippen molar-refractivity contribution in [3.8, 4) is 0 Å². The van der Waals surface area contributed by atoms with Gasteiger partial charge in [0, 0.05) is 6.04 Å². The van der Waals surface area contributed by atoms with Crippen LogP contribution >= 0.6 is 11.8 Å². The summed E-state index contributed by atoms with van der Waals surface area (Å²) in [5.74, 6) is -0.448. The van der Waals surface area contributed by atoms with Gasteiger partial charge in [0.1, 0.15) is 6.04 Å². The Bertz CT molecular complexity index is 446. The van der Waals surface area contributed by atoms with Crippen LogP contribution in [0.1, 0.15) is 40.0 Å². The van der Waals surface area contributed by atoms with Crippen LogP contribution in [0.2, 0.25) is 0 Å². The van der Waals surface area contributed by atoms with Crippen molar-refractivity contribution in [2.75, 3.05) is 18.6 Å². The van der Waals surface area contributed by atoms with Crippen molar-refractivity contribution in [1.82, 2.24) is 10.6 Å². The summed E-state index contributed by atoms with van der Waals surface area (Å²) < 4.78 is 9.89. The number of amides is 2. The number of ether oxygens (including phenoxy) is 2. The van der Waals surface area contributed by atoms with E-state index < -0.39 is 30.1 Å². The summed E-state index contributed by atoms with van der Waals surface area (Å²) in [6, 6.07) is -0.572. The molecule has 0 bridgehead atoms. The summed E-state index contributed by atoms with van der Waals surface area (Å²) in [5, 5.41) is 5.60. The molecule has 8 heteroatoms. The largest absolute Gasteiger partial charge is 0.464 e. The molecule has 0 aromatic heterocycles. The predicted molar refractivity (Wildman–Crippen MR) is 92.7 cm³/mol. The van der Waals surface area contributed by atoms with E-state index in [4.69, 9.17) is 9.47 Å². The van der Waals surface area contributed by atoms with E-state index in [9.17, 15) is 14.4 Å². The maximum atomic E-state index is 12.4. The fourth-order valence-electron chi connectivity index (χ4n) is 2.32. The highest BCUT2D eigenvalue weighted by atomic mass is 32.2. The number of thioether (sulfide) groups is 1. The first-order valence-electron chi connectivity index (χ1n) is 8.36. The molecule has 24 heavy (non-hydrogen) atoms. The van der Waals surface area contributed by atoms with E-state index in [-0.39, 0.29) is 18.6 Å². The van der Waals surface area contributed by atoms with E-state index >= 15 is 0 Å². The molecule has 138 valence electrons. The molecule has 1 aliphatic rings. The van der Waals surface area contributed by atoms with Crippen LogP contribution in [0, 0.1) is 0 Å². The molecule has 0 saturated carbocycles. The minimum atomic E-state index is -0.860. The van der Waals surface area contributed by atoms with Crippen LogP contribution in [0.25, 0.3) is 0 Å². The fraction of sp³-hybridized carbons (Fsp3) is 0.812. The zero-order valence-corrected chi connectivity index (χ0v) is 15.6. The summed E-state index contributed by atoms with van der Waals surface area (Å²) in [7, 11) is 0. The molecule has 0 spiro atoms. The van der Waals surface area contributed by atoms with Gasteiger partial charge in [0.15, 0.2) is 12.2 Å². The van der Waals surface area contributed by atoms with Crippen LogP contribution in [-0.2, 0) is 23.9 Å². The highest BCUT2D eigenvalue weighted by molar-refractivity contribution is 7.98. The summed E-state index contributed by atoms with van der Waals surface area (Å²) in [5.41, 5.74) is 0. The van der Waals surface area contributed by atoms with E-state index in [1.807, 2.05) is 13.2 Å². The monoisotopic (exact) mass is 360 g/mol. The number of epoxide rings is 1. The number of carbonyl (C=O) groups excluding carboxylic acids is 3. The van der Waals surface area contributed by atoms with Crippen molar-refractivity contribution in [3.05, 3.63) is 0 Å². The zero-order valence-electron chi connectivity index (χ0n) is 14.8. The van der Waals surface area contributed by atoms with E-state index in [2.05, 4.69) is 17.6 Å². The Balaban J connectivity index is 2.54. The molecule has 2 amide bonds. The summed E-state index contributed by atoms with van der Waals surface area (Å²) in [4.78, 5) is 36.1. The molecule has 7 nitrogen and oxygen atoms in total. The highest BCUT2D eigenvalue weighted by Crippen LogP contribution is 2.24. The van der Waals surface area contributed by atoms with Crippen LogP contribution in [0.3, 0.4) is 0 Å². The molecule has 0 radical (unpaired) electrons. The lowest BCUT2D eigenvalue weighted by Crippen LogP contribution is -2.50. The summed E-state index contributed by atoms with van der Waals surface area (Å²) in [6.45, 7) is 5.92. The van der Waals surface area contributed by atoms with Gasteiger partial charge in [-0.15, -0.1) is 0 Å². The van der Waals surface area contributed by atoms with Gasteiger partial charge >= 0.3 is 5.97 Å². The number of esters is 1. The Morgan fingerprint density at radius 2 is 1.88 bits per heavy atom. The number of rotatable bonds is 11. The minimum absolute atomic E-state index is 0.0561. The Hall–Kier alpha value is -1.28. The van der Waals surface area contributed by atoms with Crippen LogP contribution < -0.4 is 10.6 Å². The molecule has 2 N–H and O–H groups in total.